The molecule has 4 rings (SSSR count). The zero-order chi connectivity index (χ0) is 40.8. The number of fused-ring (bicyclic) bond motifs is 1. The van der Waals surface area contributed by atoms with Gasteiger partial charge in [0, 0.05) is 37.3 Å². The zero-order valence-corrected chi connectivity index (χ0v) is 31.9. The lowest BCUT2D eigenvalue weighted by molar-refractivity contribution is -0.137. The van der Waals surface area contributed by atoms with Gasteiger partial charge in [0.1, 0.15) is 12.1 Å². The number of amides is 7. The average molecular weight is 778 g/mol. The Labute approximate surface area is 324 Å². The number of primary amides is 1. The van der Waals surface area contributed by atoms with E-state index in [2.05, 4.69) is 36.2 Å². The molecule has 1 aliphatic rings. The molecule has 9 N–H and O–H groups in total. The fourth-order valence-corrected chi connectivity index (χ4v) is 5.83. The highest BCUT2D eigenvalue weighted by molar-refractivity contribution is 6.12. The van der Waals surface area contributed by atoms with E-state index in [-0.39, 0.29) is 79.5 Å². The van der Waals surface area contributed by atoms with Crippen LogP contribution in [0.15, 0.2) is 36.4 Å². The maximum Gasteiger partial charge on any atom is 0.320 e. The number of urea groups is 1. The molecule has 302 valence electrons. The molecule has 2 atom stereocenters. The van der Waals surface area contributed by atoms with Crippen molar-refractivity contribution in [1.82, 2.24) is 40.4 Å². The van der Waals surface area contributed by atoms with Gasteiger partial charge in [0.05, 0.1) is 13.2 Å². The van der Waals surface area contributed by atoms with Gasteiger partial charge in [-0.3, -0.25) is 33.4 Å². The quantitative estimate of drug-likeness (QED) is 0.0569. The molecule has 0 spiro atoms. The third-order valence-electron chi connectivity index (χ3n) is 8.93. The number of imide groups is 1. The summed E-state index contributed by atoms with van der Waals surface area (Å²) in [7, 11) is 0. The van der Waals surface area contributed by atoms with Gasteiger partial charge in [-0.15, -0.1) is 0 Å². The molecule has 0 aliphatic carbocycles. The highest BCUT2D eigenvalue weighted by Gasteiger charge is 2.29. The molecule has 2 aromatic heterocycles. The van der Waals surface area contributed by atoms with Crippen LogP contribution in [0.3, 0.4) is 0 Å². The first kappa shape index (κ1) is 42.5. The molecule has 0 fully saturated rings. The van der Waals surface area contributed by atoms with Crippen molar-refractivity contribution in [3.05, 3.63) is 42.0 Å². The van der Waals surface area contributed by atoms with Crippen molar-refractivity contribution in [2.24, 2.45) is 11.7 Å². The van der Waals surface area contributed by atoms with Gasteiger partial charge < -0.3 is 42.6 Å². The summed E-state index contributed by atoms with van der Waals surface area (Å²) in [6, 6.07) is 3.87. The summed E-state index contributed by atoms with van der Waals surface area (Å²) >= 11 is 0. The fourth-order valence-electron chi connectivity index (χ4n) is 5.83. The highest BCUT2D eigenvalue weighted by atomic mass is 16.5. The molecule has 0 saturated carbocycles. The Morgan fingerprint density at radius 2 is 1.62 bits per heavy atom. The number of nitrogens with zero attached hydrogens (tertiary/aromatic N) is 5. The number of imidazole rings is 1. The molecule has 0 saturated heterocycles. The van der Waals surface area contributed by atoms with Crippen molar-refractivity contribution in [1.29, 1.82) is 0 Å². The van der Waals surface area contributed by atoms with Crippen molar-refractivity contribution in [2.75, 3.05) is 30.7 Å². The number of ether oxygens (including phenoxy) is 1. The second-order valence-electron chi connectivity index (χ2n) is 13.7. The number of aromatic nitrogens is 4. The number of nitrogens with one attached hydrogen (secondary N) is 4. The average Bonchev–Trinajstić information content (AvgIpc) is 3.64. The van der Waals surface area contributed by atoms with E-state index in [0.717, 1.165) is 23.3 Å². The summed E-state index contributed by atoms with van der Waals surface area (Å²) < 4.78 is 7.08. The number of carbonyl (C=O) groups is 6. The number of hydrogen-bond donors (Lipinski definition) is 7. The Hall–Kier alpha value is -6.27. The van der Waals surface area contributed by atoms with Crippen LogP contribution in [0, 0.1) is 5.92 Å². The van der Waals surface area contributed by atoms with Crippen molar-refractivity contribution < 1.29 is 38.6 Å². The number of aromatic hydroxyl groups is 1. The minimum absolute atomic E-state index is 0.0700. The third kappa shape index (κ3) is 12.1. The van der Waals surface area contributed by atoms with Gasteiger partial charge in [0.15, 0.2) is 17.0 Å². The van der Waals surface area contributed by atoms with Crippen LogP contribution in [0.2, 0.25) is 0 Å². The molecule has 0 bridgehead atoms. The first-order valence-corrected chi connectivity index (χ1v) is 18.7. The first-order valence-electron chi connectivity index (χ1n) is 18.7. The van der Waals surface area contributed by atoms with E-state index in [9.17, 15) is 33.9 Å². The minimum Gasteiger partial charge on any atom is -0.480 e. The SMILES string of the molecule is CCCCOc1nc(N)c2nc(O)n(Cc3ccc(NC(=O)C(CCCNC(N)=O)NC(=O)C(NC(=O)CCCCCN4C(=O)C=CC4=O)C(C)C)cc3)c2n1. The molecule has 2 unspecified atom stereocenters. The maximum absolute atomic E-state index is 13.6. The predicted molar refractivity (Wildman–Crippen MR) is 206 cm³/mol. The molecule has 0 radical (unpaired) electrons. The summed E-state index contributed by atoms with van der Waals surface area (Å²) in [4.78, 5) is 88.3. The number of benzene rings is 1. The number of hydrogen-bond acceptors (Lipinski definition) is 12. The molecule has 19 nitrogen and oxygen atoms in total. The van der Waals surface area contributed by atoms with Crippen LogP contribution in [0.5, 0.6) is 12.0 Å². The Morgan fingerprint density at radius 1 is 0.911 bits per heavy atom. The number of unbranched alkanes of at least 4 members (excludes halogenated alkanes) is 3. The third-order valence-corrected chi connectivity index (χ3v) is 8.93. The van der Waals surface area contributed by atoms with E-state index >= 15 is 0 Å². The van der Waals surface area contributed by atoms with Crippen LogP contribution >= 0.6 is 0 Å². The van der Waals surface area contributed by atoms with Crippen molar-refractivity contribution in [2.45, 2.75) is 90.8 Å². The van der Waals surface area contributed by atoms with Crippen molar-refractivity contribution >= 4 is 58.2 Å². The van der Waals surface area contributed by atoms with Gasteiger partial charge in [-0.2, -0.15) is 15.0 Å². The second kappa shape index (κ2) is 20.4. The van der Waals surface area contributed by atoms with Crippen molar-refractivity contribution in [3.8, 4) is 12.0 Å². The van der Waals surface area contributed by atoms with Gasteiger partial charge in [0.25, 0.3) is 17.8 Å². The number of nitrogen functional groups attached to an aromatic ring is 1. The van der Waals surface area contributed by atoms with Crippen LogP contribution in [0.4, 0.5) is 16.3 Å². The van der Waals surface area contributed by atoms with Crippen LogP contribution in [0.25, 0.3) is 11.2 Å². The van der Waals surface area contributed by atoms with E-state index in [1.165, 1.54) is 16.7 Å². The summed E-state index contributed by atoms with van der Waals surface area (Å²) in [5, 5.41) is 21.4. The first-order chi connectivity index (χ1) is 26.8. The lowest BCUT2D eigenvalue weighted by Crippen LogP contribution is -2.54. The molecule has 1 aromatic carbocycles. The Morgan fingerprint density at radius 3 is 2.29 bits per heavy atom. The predicted octanol–water partition coefficient (Wildman–Crippen LogP) is 1.84. The van der Waals surface area contributed by atoms with Crippen LogP contribution in [-0.4, -0.2) is 96.9 Å². The lowest BCUT2D eigenvalue weighted by Gasteiger charge is -2.25. The lowest BCUT2D eigenvalue weighted by atomic mass is 10.0. The largest absolute Gasteiger partial charge is 0.480 e. The molecular weight excluding hydrogens is 726 g/mol. The van der Waals surface area contributed by atoms with Gasteiger partial charge in [-0.05, 0) is 55.7 Å². The van der Waals surface area contributed by atoms with Crippen LogP contribution in [0.1, 0.15) is 77.7 Å². The number of rotatable bonds is 22. The standard InChI is InChI=1S/C37H51N11O8/c1-4-5-20-56-36-45-31(38)30-32(46-36)48(37(55)44-30)21-23-12-14-24(15-13-23)41-33(52)25(10-9-18-40-35(39)54)42-34(53)29(22(2)3)43-26(49)11-7-6-8-19-47-27(50)16-17-28(47)51/h12-17,22,25,29H,4-11,18-21H2,1-3H3,(H,41,52)(H,42,53)(H,43,49)(H,44,55)(H2,38,45,46)(H3,39,40,54). The normalized spacial score (nSPS) is 13.5. The van der Waals surface area contributed by atoms with E-state index < -0.39 is 29.9 Å². The fraction of sp³-hybridized carbons (Fsp3) is 0.486. The van der Waals surface area contributed by atoms with E-state index in [1.54, 1.807) is 38.1 Å². The Bertz CT molecular complexity index is 1890. The number of anilines is 2. The monoisotopic (exact) mass is 777 g/mol. The summed E-state index contributed by atoms with van der Waals surface area (Å²) in [6.07, 6.45) is 6.38. The Kier molecular flexibility index (Phi) is 15.5. The van der Waals surface area contributed by atoms with Gasteiger partial charge in [-0.25, -0.2) is 4.79 Å². The summed E-state index contributed by atoms with van der Waals surface area (Å²) in [5.41, 5.74) is 12.9. The molecule has 3 aromatic rings. The smallest absolute Gasteiger partial charge is 0.320 e. The highest BCUT2D eigenvalue weighted by Crippen LogP contribution is 2.26. The maximum atomic E-state index is 13.6. The zero-order valence-electron chi connectivity index (χ0n) is 31.9. The van der Waals surface area contributed by atoms with Crippen LogP contribution in [-0.2, 0) is 30.5 Å². The molecule has 7 amide bonds. The van der Waals surface area contributed by atoms with Gasteiger partial charge in [-0.1, -0.05) is 45.7 Å². The molecule has 3 heterocycles. The Balaban J connectivity index is 1.36. The summed E-state index contributed by atoms with van der Waals surface area (Å²) in [5.74, 6) is -2.38. The van der Waals surface area contributed by atoms with Gasteiger partial charge in [0.2, 0.25) is 17.7 Å². The summed E-state index contributed by atoms with van der Waals surface area (Å²) in [6.45, 7) is 6.57. The topological polar surface area (TPSA) is 279 Å². The molecule has 56 heavy (non-hydrogen) atoms. The van der Waals surface area contributed by atoms with Crippen molar-refractivity contribution in [3.63, 3.8) is 0 Å². The van der Waals surface area contributed by atoms with E-state index in [0.29, 0.717) is 43.6 Å². The number of nitrogens with two attached hydrogens (primary N) is 2. The number of carbonyl (C=O) groups excluding carboxylic acids is 6. The minimum atomic E-state index is -1.03. The molecule has 1 aliphatic heterocycles. The van der Waals surface area contributed by atoms with Crippen LogP contribution < -0.4 is 37.5 Å². The second-order valence-corrected chi connectivity index (χ2v) is 13.7. The molecule has 19 heteroatoms. The van der Waals surface area contributed by atoms with Gasteiger partial charge >= 0.3 is 12.0 Å². The van der Waals surface area contributed by atoms with E-state index in [1.807, 2.05) is 6.92 Å². The molecular formula is C37H51N11O8. The van der Waals surface area contributed by atoms with E-state index in [4.69, 9.17) is 16.2 Å².